The second-order valence-electron chi connectivity index (χ2n) is 7.83. The fraction of sp³-hybridized carbons (Fsp3) is 0.409. The van der Waals surface area contributed by atoms with E-state index >= 15 is 0 Å². The Morgan fingerprint density at radius 3 is 3.03 bits per heavy atom. The molecule has 2 aliphatic rings. The molecule has 2 aromatic heterocycles. The fourth-order valence-corrected chi connectivity index (χ4v) is 4.34. The van der Waals surface area contributed by atoms with Gasteiger partial charge >= 0.3 is 0 Å². The molecule has 4 heterocycles. The van der Waals surface area contributed by atoms with Gasteiger partial charge in [-0.25, -0.2) is 4.98 Å². The van der Waals surface area contributed by atoms with Gasteiger partial charge < -0.3 is 14.6 Å². The lowest BCUT2D eigenvalue weighted by molar-refractivity contribution is -0.0461. The molecule has 0 bridgehead atoms. The summed E-state index contributed by atoms with van der Waals surface area (Å²) in [6, 6.07) is 12.1. The summed E-state index contributed by atoms with van der Waals surface area (Å²) in [7, 11) is 0. The van der Waals surface area contributed by atoms with Crippen LogP contribution < -0.4 is 5.32 Å². The SMILES string of the molecule is Cc1noc2nc(-c3ccccc3)cc(C(=O)NCC3CN4CCCC4CO3)c12. The second-order valence-corrected chi connectivity index (χ2v) is 7.83. The summed E-state index contributed by atoms with van der Waals surface area (Å²) in [5, 5.41) is 7.72. The van der Waals surface area contributed by atoms with E-state index in [0.29, 0.717) is 40.6 Å². The molecule has 0 spiro atoms. The second kappa shape index (κ2) is 7.57. The van der Waals surface area contributed by atoms with Crippen LogP contribution in [0.3, 0.4) is 0 Å². The maximum Gasteiger partial charge on any atom is 0.259 e. The minimum Gasteiger partial charge on any atom is -0.373 e. The van der Waals surface area contributed by atoms with Crippen LogP contribution in [0, 0.1) is 6.92 Å². The smallest absolute Gasteiger partial charge is 0.259 e. The number of hydrogen-bond acceptors (Lipinski definition) is 6. The summed E-state index contributed by atoms with van der Waals surface area (Å²) in [5.74, 6) is -0.159. The molecule has 1 aromatic carbocycles. The van der Waals surface area contributed by atoms with Crippen LogP contribution in [0.25, 0.3) is 22.4 Å². The van der Waals surface area contributed by atoms with Crippen LogP contribution in [-0.4, -0.2) is 59.3 Å². The maximum absolute atomic E-state index is 13.1. The van der Waals surface area contributed by atoms with E-state index in [1.54, 1.807) is 0 Å². The number of fused-ring (bicyclic) bond motifs is 2. The quantitative estimate of drug-likeness (QED) is 0.735. The van der Waals surface area contributed by atoms with Gasteiger partial charge in [-0.2, -0.15) is 0 Å². The molecule has 2 atom stereocenters. The third-order valence-corrected chi connectivity index (χ3v) is 5.88. The molecule has 1 N–H and O–H groups in total. The van der Waals surface area contributed by atoms with Gasteiger partial charge in [-0.1, -0.05) is 35.5 Å². The molecule has 2 unspecified atom stereocenters. The molecule has 150 valence electrons. The molecule has 29 heavy (non-hydrogen) atoms. The Balaban J connectivity index is 1.38. The van der Waals surface area contributed by atoms with Gasteiger partial charge in [0.1, 0.15) is 0 Å². The van der Waals surface area contributed by atoms with E-state index in [4.69, 9.17) is 9.26 Å². The van der Waals surface area contributed by atoms with Gasteiger partial charge in [-0.15, -0.1) is 0 Å². The Morgan fingerprint density at radius 1 is 1.31 bits per heavy atom. The van der Waals surface area contributed by atoms with Crippen molar-refractivity contribution < 1.29 is 14.1 Å². The van der Waals surface area contributed by atoms with Crippen molar-refractivity contribution in [1.29, 1.82) is 0 Å². The molecule has 2 saturated heterocycles. The molecule has 2 aliphatic heterocycles. The summed E-state index contributed by atoms with van der Waals surface area (Å²) in [5.41, 5.74) is 3.18. The highest BCUT2D eigenvalue weighted by atomic mass is 16.5. The van der Waals surface area contributed by atoms with Crippen molar-refractivity contribution in [2.24, 2.45) is 0 Å². The number of ether oxygens (including phenoxy) is 1. The van der Waals surface area contributed by atoms with Crippen molar-refractivity contribution >= 4 is 17.0 Å². The van der Waals surface area contributed by atoms with E-state index in [9.17, 15) is 4.79 Å². The number of carbonyl (C=O) groups excluding carboxylic acids is 1. The molecule has 0 radical (unpaired) electrons. The topological polar surface area (TPSA) is 80.5 Å². The van der Waals surface area contributed by atoms with Crippen LogP contribution in [0.1, 0.15) is 28.9 Å². The van der Waals surface area contributed by atoms with E-state index in [1.165, 1.54) is 12.8 Å². The fourth-order valence-electron chi connectivity index (χ4n) is 4.34. The molecule has 7 heteroatoms. The number of nitrogens with zero attached hydrogens (tertiary/aromatic N) is 3. The maximum atomic E-state index is 13.1. The van der Waals surface area contributed by atoms with Crippen LogP contribution in [-0.2, 0) is 4.74 Å². The number of benzene rings is 1. The van der Waals surface area contributed by atoms with Crippen LogP contribution >= 0.6 is 0 Å². The number of aromatic nitrogens is 2. The number of hydrogen-bond donors (Lipinski definition) is 1. The highest BCUT2D eigenvalue weighted by molar-refractivity contribution is 6.07. The van der Waals surface area contributed by atoms with E-state index in [2.05, 4.69) is 20.4 Å². The van der Waals surface area contributed by atoms with Gasteiger partial charge in [0.25, 0.3) is 11.6 Å². The predicted molar refractivity (Wildman–Crippen MR) is 109 cm³/mol. The van der Waals surface area contributed by atoms with Crippen LogP contribution in [0.5, 0.6) is 0 Å². The minimum absolute atomic E-state index is 0.0165. The molecule has 5 rings (SSSR count). The van der Waals surface area contributed by atoms with E-state index < -0.39 is 0 Å². The number of morpholine rings is 1. The highest BCUT2D eigenvalue weighted by Gasteiger charge is 2.32. The zero-order valence-corrected chi connectivity index (χ0v) is 16.4. The first-order valence-electron chi connectivity index (χ1n) is 10.2. The molecule has 7 nitrogen and oxygen atoms in total. The Morgan fingerprint density at radius 2 is 2.17 bits per heavy atom. The summed E-state index contributed by atoms with van der Waals surface area (Å²) < 4.78 is 11.3. The monoisotopic (exact) mass is 392 g/mol. The van der Waals surface area contributed by atoms with E-state index in [-0.39, 0.29) is 12.0 Å². The number of amides is 1. The largest absolute Gasteiger partial charge is 0.373 e. The minimum atomic E-state index is -0.159. The number of aryl methyl sites for hydroxylation is 1. The molecular formula is C22H24N4O3. The Bertz CT molecular complexity index is 1030. The van der Waals surface area contributed by atoms with Gasteiger partial charge in [0.05, 0.1) is 35.0 Å². The summed E-state index contributed by atoms with van der Waals surface area (Å²) in [6.07, 6.45) is 2.46. The lowest BCUT2D eigenvalue weighted by Crippen LogP contribution is -2.50. The molecule has 1 amide bonds. The molecular weight excluding hydrogens is 368 g/mol. The lowest BCUT2D eigenvalue weighted by Gasteiger charge is -2.35. The van der Waals surface area contributed by atoms with Crippen molar-refractivity contribution in [3.05, 3.63) is 47.7 Å². The van der Waals surface area contributed by atoms with Crippen molar-refractivity contribution in [2.75, 3.05) is 26.2 Å². The van der Waals surface area contributed by atoms with Gasteiger partial charge in [0.15, 0.2) is 0 Å². The van der Waals surface area contributed by atoms with E-state index in [1.807, 2.05) is 43.3 Å². The van der Waals surface area contributed by atoms with Crippen molar-refractivity contribution in [3.63, 3.8) is 0 Å². The zero-order chi connectivity index (χ0) is 19.8. The van der Waals surface area contributed by atoms with E-state index in [0.717, 1.165) is 25.3 Å². The average molecular weight is 392 g/mol. The molecule has 3 aromatic rings. The number of rotatable bonds is 4. The van der Waals surface area contributed by atoms with Crippen LogP contribution in [0.4, 0.5) is 0 Å². The summed E-state index contributed by atoms with van der Waals surface area (Å²) in [4.78, 5) is 20.1. The standard InChI is InChI=1S/C22H24N4O3/c1-14-20-18(10-19(24-22(20)29-25-14)15-6-3-2-4-7-15)21(27)23-11-17-12-26-9-5-8-16(26)13-28-17/h2-4,6-7,10,16-17H,5,8-9,11-13H2,1H3,(H,23,27). The van der Waals surface area contributed by atoms with Gasteiger partial charge in [0.2, 0.25) is 0 Å². The van der Waals surface area contributed by atoms with Crippen molar-refractivity contribution in [2.45, 2.75) is 31.9 Å². The zero-order valence-electron chi connectivity index (χ0n) is 16.4. The molecule has 0 saturated carbocycles. The highest BCUT2D eigenvalue weighted by Crippen LogP contribution is 2.27. The first-order chi connectivity index (χ1) is 14.2. The Hall–Kier alpha value is -2.77. The first kappa shape index (κ1) is 18.3. The number of carbonyl (C=O) groups is 1. The average Bonchev–Trinajstić information content (AvgIpc) is 3.38. The predicted octanol–water partition coefficient (Wildman–Crippen LogP) is 2.79. The van der Waals surface area contributed by atoms with Gasteiger partial charge in [-0.05, 0) is 32.4 Å². The normalized spacial score (nSPS) is 22.0. The lowest BCUT2D eigenvalue weighted by atomic mass is 10.0. The number of pyridine rings is 1. The number of nitrogens with one attached hydrogen (secondary N) is 1. The van der Waals surface area contributed by atoms with Crippen LogP contribution in [0.15, 0.2) is 40.9 Å². The molecule has 2 fully saturated rings. The van der Waals surface area contributed by atoms with Crippen molar-refractivity contribution in [1.82, 2.24) is 20.4 Å². The third kappa shape index (κ3) is 3.52. The first-order valence-corrected chi connectivity index (χ1v) is 10.2. The van der Waals surface area contributed by atoms with Gasteiger partial charge in [-0.3, -0.25) is 9.69 Å². The summed E-state index contributed by atoms with van der Waals surface area (Å²) in [6.45, 7) is 5.06. The van der Waals surface area contributed by atoms with Crippen molar-refractivity contribution in [3.8, 4) is 11.3 Å². The molecule has 0 aliphatic carbocycles. The Labute approximate surface area is 169 Å². The van der Waals surface area contributed by atoms with Gasteiger partial charge in [0, 0.05) is 24.7 Å². The third-order valence-electron chi connectivity index (χ3n) is 5.88. The van der Waals surface area contributed by atoms with Crippen LogP contribution in [0.2, 0.25) is 0 Å². The Kier molecular flexibility index (Phi) is 4.77. The summed E-state index contributed by atoms with van der Waals surface area (Å²) >= 11 is 0.